The Morgan fingerprint density at radius 1 is 1.21 bits per heavy atom. The number of aryl methyl sites for hydroxylation is 1. The lowest BCUT2D eigenvalue weighted by Crippen LogP contribution is -2.07. The average Bonchev–Trinajstić information content (AvgIpc) is 3.48. The van der Waals surface area contributed by atoms with Crippen molar-refractivity contribution in [3.05, 3.63) is 83.3 Å². The van der Waals surface area contributed by atoms with E-state index in [1.165, 1.54) is 17.4 Å². The molecule has 5 rings (SSSR count). The van der Waals surface area contributed by atoms with Crippen LogP contribution in [0.5, 0.6) is 0 Å². The standard InChI is InChI=1S/C25H18N6OS/c1-15-19-8-10-28-22(19)6-5-21(15)31-24-16(12-26)13-29-25-20(24)11-18(33-25)4-7-23(32)30-17-3-2-9-27-14-17/h2-11,13-14,28H,1H3,(H,29,31)(H,30,32)/b7-4+. The lowest BCUT2D eigenvalue weighted by Gasteiger charge is -2.12. The molecule has 0 spiro atoms. The van der Waals surface area contributed by atoms with E-state index in [9.17, 15) is 10.1 Å². The van der Waals surface area contributed by atoms with Gasteiger partial charge in [0.15, 0.2) is 0 Å². The number of nitriles is 1. The minimum Gasteiger partial charge on any atom is -0.361 e. The number of carbonyl (C=O) groups excluding carboxylic acids is 1. The largest absolute Gasteiger partial charge is 0.361 e. The smallest absolute Gasteiger partial charge is 0.248 e. The highest BCUT2D eigenvalue weighted by Crippen LogP contribution is 2.36. The highest BCUT2D eigenvalue weighted by Gasteiger charge is 2.14. The Hall–Kier alpha value is -4.48. The van der Waals surface area contributed by atoms with Crippen molar-refractivity contribution in [3.63, 3.8) is 0 Å². The van der Waals surface area contributed by atoms with Crippen molar-refractivity contribution in [1.82, 2.24) is 15.0 Å². The third kappa shape index (κ3) is 4.05. The van der Waals surface area contributed by atoms with Crippen LogP contribution in [0.1, 0.15) is 16.0 Å². The Morgan fingerprint density at radius 3 is 2.94 bits per heavy atom. The molecule has 8 heteroatoms. The molecule has 0 unspecified atom stereocenters. The molecule has 0 radical (unpaired) electrons. The van der Waals surface area contributed by atoms with E-state index in [0.717, 1.165) is 37.2 Å². The number of hydrogen-bond donors (Lipinski definition) is 3. The number of nitrogens with zero attached hydrogens (tertiary/aromatic N) is 3. The summed E-state index contributed by atoms with van der Waals surface area (Å²) in [5.74, 6) is -0.250. The lowest BCUT2D eigenvalue weighted by atomic mass is 10.1. The van der Waals surface area contributed by atoms with Gasteiger partial charge >= 0.3 is 0 Å². The van der Waals surface area contributed by atoms with Crippen molar-refractivity contribution in [3.8, 4) is 6.07 Å². The molecular formula is C25H18N6OS. The Morgan fingerprint density at radius 2 is 2.12 bits per heavy atom. The number of aromatic nitrogens is 3. The van der Waals surface area contributed by atoms with Crippen LogP contribution in [0.15, 0.2) is 67.3 Å². The number of fused-ring (bicyclic) bond motifs is 2. The van der Waals surface area contributed by atoms with E-state index >= 15 is 0 Å². The highest BCUT2D eigenvalue weighted by molar-refractivity contribution is 7.19. The van der Waals surface area contributed by atoms with Gasteiger partial charge in [0.05, 0.1) is 23.1 Å². The van der Waals surface area contributed by atoms with Crippen LogP contribution in [0.25, 0.3) is 27.2 Å². The predicted octanol–water partition coefficient (Wildman–Crippen LogP) is 5.75. The van der Waals surface area contributed by atoms with Crippen LogP contribution >= 0.6 is 11.3 Å². The molecule has 0 saturated heterocycles. The van der Waals surface area contributed by atoms with E-state index in [-0.39, 0.29) is 5.91 Å². The summed E-state index contributed by atoms with van der Waals surface area (Å²) < 4.78 is 0. The van der Waals surface area contributed by atoms with Crippen molar-refractivity contribution < 1.29 is 4.79 Å². The summed E-state index contributed by atoms with van der Waals surface area (Å²) >= 11 is 1.45. The fraction of sp³-hybridized carbons (Fsp3) is 0.0400. The second-order valence-electron chi connectivity index (χ2n) is 7.39. The van der Waals surface area contributed by atoms with Gasteiger partial charge in [0.2, 0.25) is 5.91 Å². The molecule has 3 N–H and O–H groups in total. The number of hydrogen-bond acceptors (Lipinski definition) is 6. The molecule has 0 bridgehead atoms. The van der Waals surface area contributed by atoms with Crippen LogP contribution in [0.4, 0.5) is 17.1 Å². The third-order valence-electron chi connectivity index (χ3n) is 5.29. The summed E-state index contributed by atoms with van der Waals surface area (Å²) in [5.41, 5.74) is 4.86. The Labute approximate surface area is 193 Å². The van der Waals surface area contributed by atoms with Crippen LogP contribution in [-0.2, 0) is 4.79 Å². The van der Waals surface area contributed by atoms with E-state index in [4.69, 9.17) is 0 Å². The van der Waals surface area contributed by atoms with Crippen molar-refractivity contribution in [2.45, 2.75) is 6.92 Å². The summed E-state index contributed by atoms with van der Waals surface area (Å²) in [6.07, 6.45) is 9.94. The van der Waals surface area contributed by atoms with Gasteiger partial charge in [-0.3, -0.25) is 9.78 Å². The maximum atomic E-state index is 12.2. The molecule has 0 aliphatic rings. The number of H-pyrrole nitrogens is 1. The van der Waals surface area contributed by atoms with Gasteiger partial charge < -0.3 is 15.6 Å². The quantitative estimate of drug-likeness (QED) is 0.296. The molecule has 160 valence electrons. The lowest BCUT2D eigenvalue weighted by molar-refractivity contribution is -0.111. The van der Waals surface area contributed by atoms with Crippen LogP contribution < -0.4 is 10.6 Å². The minimum atomic E-state index is -0.250. The number of pyridine rings is 2. The second kappa shape index (κ2) is 8.57. The molecule has 0 aliphatic carbocycles. The van der Waals surface area contributed by atoms with Crippen LogP contribution in [0.2, 0.25) is 0 Å². The first kappa shape index (κ1) is 20.4. The topological polar surface area (TPSA) is 106 Å². The van der Waals surface area contributed by atoms with E-state index in [1.54, 1.807) is 36.8 Å². The molecule has 0 fully saturated rings. The van der Waals surface area contributed by atoms with E-state index < -0.39 is 0 Å². The van der Waals surface area contributed by atoms with Gasteiger partial charge in [0, 0.05) is 51.5 Å². The zero-order chi connectivity index (χ0) is 22.8. The number of anilines is 3. The maximum Gasteiger partial charge on any atom is 0.248 e. The van der Waals surface area contributed by atoms with Crippen molar-refractivity contribution in [1.29, 1.82) is 5.26 Å². The van der Waals surface area contributed by atoms with Crippen LogP contribution in [0.3, 0.4) is 0 Å². The Kier molecular flexibility index (Phi) is 5.30. The molecule has 0 saturated carbocycles. The number of thiophene rings is 1. The van der Waals surface area contributed by atoms with Gasteiger partial charge in [-0.1, -0.05) is 0 Å². The van der Waals surface area contributed by atoms with E-state index in [0.29, 0.717) is 16.9 Å². The number of amides is 1. The van der Waals surface area contributed by atoms with Gasteiger partial charge in [-0.25, -0.2) is 4.98 Å². The molecule has 1 amide bonds. The summed E-state index contributed by atoms with van der Waals surface area (Å²) in [5, 5.41) is 17.9. The van der Waals surface area contributed by atoms with Gasteiger partial charge in [-0.15, -0.1) is 11.3 Å². The third-order valence-corrected chi connectivity index (χ3v) is 6.30. The van der Waals surface area contributed by atoms with Gasteiger partial charge in [0.25, 0.3) is 0 Å². The first-order chi connectivity index (χ1) is 16.1. The SMILES string of the molecule is Cc1c(Nc2c(C#N)cnc3sc(/C=C/C(=O)Nc4cccnc4)cc23)ccc2[nH]ccc12. The Balaban J connectivity index is 1.47. The Bertz CT molecular complexity index is 1560. The number of aromatic amines is 1. The van der Waals surface area contributed by atoms with Crippen molar-refractivity contribution in [2.24, 2.45) is 0 Å². The fourth-order valence-corrected chi connectivity index (χ4v) is 4.55. The number of carbonyl (C=O) groups is 1. The van der Waals surface area contributed by atoms with Crippen LogP contribution in [-0.4, -0.2) is 20.9 Å². The minimum absolute atomic E-state index is 0.250. The molecule has 4 aromatic heterocycles. The summed E-state index contributed by atoms with van der Waals surface area (Å²) in [4.78, 5) is 25.5. The monoisotopic (exact) mass is 450 g/mol. The fourth-order valence-electron chi connectivity index (χ4n) is 3.64. The van der Waals surface area contributed by atoms with Gasteiger partial charge in [-0.05, 0) is 55.0 Å². The molecule has 7 nitrogen and oxygen atoms in total. The molecule has 0 aliphatic heterocycles. The molecular weight excluding hydrogens is 432 g/mol. The average molecular weight is 451 g/mol. The second-order valence-corrected chi connectivity index (χ2v) is 8.45. The van der Waals surface area contributed by atoms with E-state index in [1.807, 2.05) is 37.4 Å². The summed E-state index contributed by atoms with van der Waals surface area (Å²) in [6, 6.07) is 13.7. The zero-order valence-electron chi connectivity index (χ0n) is 17.6. The number of rotatable bonds is 5. The number of nitrogens with one attached hydrogen (secondary N) is 3. The molecule has 33 heavy (non-hydrogen) atoms. The summed E-state index contributed by atoms with van der Waals surface area (Å²) in [7, 11) is 0. The molecule has 1 aromatic carbocycles. The highest BCUT2D eigenvalue weighted by atomic mass is 32.1. The maximum absolute atomic E-state index is 12.2. The predicted molar refractivity (Wildman–Crippen MR) is 133 cm³/mol. The molecule has 0 atom stereocenters. The van der Waals surface area contributed by atoms with E-state index in [2.05, 4.69) is 31.7 Å². The first-order valence-electron chi connectivity index (χ1n) is 10.2. The van der Waals surface area contributed by atoms with Gasteiger partial charge in [-0.2, -0.15) is 5.26 Å². The first-order valence-corrected chi connectivity index (χ1v) is 11.0. The van der Waals surface area contributed by atoms with Crippen molar-refractivity contribution >= 4 is 61.5 Å². The summed E-state index contributed by atoms with van der Waals surface area (Å²) in [6.45, 7) is 2.05. The van der Waals surface area contributed by atoms with Crippen LogP contribution in [0, 0.1) is 18.3 Å². The molecule has 5 aromatic rings. The molecule has 4 heterocycles. The zero-order valence-corrected chi connectivity index (χ0v) is 18.4. The normalized spacial score (nSPS) is 11.2. The van der Waals surface area contributed by atoms with Gasteiger partial charge in [0.1, 0.15) is 10.9 Å². The van der Waals surface area contributed by atoms with Crippen molar-refractivity contribution in [2.75, 3.05) is 10.6 Å². The number of benzene rings is 1.